The van der Waals surface area contributed by atoms with Gasteiger partial charge in [0.2, 0.25) is 0 Å². The molecule has 1 saturated carbocycles. The molecule has 2 aliphatic heterocycles. The molecular weight excluding hydrogens is 518 g/mol. The molecule has 8 heteroatoms. The number of H-pyrrole nitrogens is 1. The summed E-state index contributed by atoms with van der Waals surface area (Å²) in [6.07, 6.45) is 4.85. The first-order valence-electron chi connectivity index (χ1n) is 14.8. The van der Waals surface area contributed by atoms with E-state index in [1.807, 2.05) is 52.8 Å². The molecule has 0 unspecified atom stereocenters. The lowest BCUT2D eigenvalue weighted by atomic mass is 9.81. The third kappa shape index (κ3) is 4.66. The molecule has 1 aromatic carbocycles. The summed E-state index contributed by atoms with van der Waals surface area (Å²) in [6, 6.07) is 6.41. The number of amides is 1. The van der Waals surface area contributed by atoms with Gasteiger partial charge in [-0.3, -0.25) is 9.59 Å². The topological polar surface area (TPSA) is 88.0 Å². The van der Waals surface area contributed by atoms with Crippen LogP contribution in [-0.4, -0.2) is 53.2 Å². The highest BCUT2D eigenvalue weighted by Gasteiger charge is 2.49. The van der Waals surface area contributed by atoms with Gasteiger partial charge in [0.25, 0.3) is 17.3 Å². The number of benzene rings is 1. The average molecular weight is 560 g/mol. The van der Waals surface area contributed by atoms with Crippen LogP contribution in [0.3, 0.4) is 0 Å². The van der Waals surface area contributed by atoms with Crippen LogP contribution in [0.5, 0.6) is 11.5 Å². The van der Waals surface area contributed by atoms with E-state index in [0.29, 0.717) is 47.4 Å². The van der Waals surface area contributed by atoms with Crippen LogP contribution in [0.2, 0.25) is 0 Å². The molecule has 4 heterocycles. The summed E-state index contributed by atoms with van der Waals surface area (Å²) in [5.74, 6) is 2.11. The third-order valence-corrected chi connectivity index (χ3v) is 9.49. The molecule has 8 nitrogen and oxygen atoms in total. The van der Waals surface area contributed by atoms with Gasteiger partial charge in [0, 0.05) is 42.2 Å². The Labute approximate surface area is 241 Å². The molecule has 0 bridgehead atoms. The van der Waals surface area contributed by atoms with E-state index in [1.54, 1.807) is 4.90 Å². The fourth-order valence-electron chi connectivity index (χ4n) is 7.11. The Morgan fingerprint density at radius 2 is 1.71 bits per heavy atom. The molecule has 1 aliphatic carbocycles. The minimum absolute atomic E-state index is 0.0980. The van der Waals surface area contributed by atoms with Crippen molar-refractivity contribution in [3.8, 4) is 22.8 Å². The molecule has 1 N–H and O–H groups in total. The van der Waals surface area contributed by atoms with Crippen LogP contribution in [0.15, 0.2) is 27.4 Å². The number of ether oxygens (including phenoxy) is 2. The van der Waals surface area contributed by atoms with Crippen LogP contribution in [0.25, 0.3) is 11.3 Å². The maximum Gasteiger partial charge on any atom is 0.254 e. The summed E-state index contributed by atoms with van der Waals surface area (Å²) in [7, 11) is 4.29. The molecule has 1 amide bonds. The number of pyridine rings is 1. The second kappa shape index (κ2) is 10.1. The number of hydrogen-bond donors (Lipinski definition) is 1. The quantitative estimate of drug-likeness (QED) is 0.433. The van der Waals surface area contributed by atoms with Crippen molar-refractivity contribution in [2.45, 2.75) is 85.1 Å². The summed E-state index contributed by atoms with van der Waals surface area (Å²) in [5.41, 5.74) is 5.34. The zero-order chi connectivity index (χ0) is 29.2. The largest absolute Gasteiger partial charge is 0.461 e. The lowest BCUT2D eigenvalue weighted by Gasteiger charge is -2.39. The molecular formula is C33H41N3O5. The molecule has 6 rings (SSSR count). The first-order chi connectivity index (χ1) is 19.5. The molecule has 218 valence electrons. The lowest BCUT2D eigenvalue weighted by Crippen LogP contribution is -2.46. The highest BCUT2D eigenvalue weighted by Crippen LogP contribution is 2.55. The molecule has 41 heavy (non-hydrogen) atoms. The first-order valence-corrected chi connectivity index (χ1v) is 14.8. The minimum Gasteiger partial charge on any atom is -0.461 e. The molecule has 0 spiro atoms. The molecule has 2 aromatic heterocycles. The Kier molecular flexibility index (Phi) is 6.80. The summed E-state index contributed by atoms with van der Waals surface area (Å²) in [5, 5.41) is 0. The molecule has 1 fully saturated rings. The van der Waals surface area contributed by atoms with Crippen LogP contribution in [0.1, 0.15) is 76.7 Å². The van der Waals surface area contributed by atoms with Crippen LogP contribution < -0.4 is 15.0 Å². The van der Waals surface area contributed by atoms with E-state index in [9.17, 15) is 9.59 Å². The van der Waals surface area contributed by atoms with Gasteiger partial charge in [0.15, 0.2) is 11.5 Å². The maximum absolute atomic E-state index is 14.2. The zero-order valence-corrected chi connectivity index (χ0v) is 25.3. The number of carbonyl (C=O) groups is 1. The predicted molar refractivity (Wildman–Crippen MR) is 158 cm³/mol. The van der Waals surface area contributed by atoms with Crippen LogP contribution in [-0.2, 0) is 13.0 Å². The smallest absolute Gasteiger partial charge is 0.254 e. The predicted octanol–water partition coefficient (Wildman–Crippen LogP) is 5.67. The van der Waals surface area contributed by atoms with E-state index in [4.69, 9.17) is 13.9 Å². The number of aromatic amines is 1. The van der Waals surface area contributed by atoms with Gasteiger partial charge >= 0.3 is 0 Å². The molecule has 3 aliphatic rings. The van der Waals surface area contributed by atoms with E-state index >= 15 is 0 Å². The monoisotopic (exact) mass is 559 g/mol. The minimum atomic E-state index is -0.820. The number of nitrogens with zero attached hydrogens (tertiary/aromatic N) is 2. The summed E-state index contributed by atoms with van der Waals surface area (Å²) in [6.45, 7) is 10.5. The van der Waals surface area contributed by atoms with Crippen molar-refractivity contribution in [3.63, 3.8) is 0 Å². The van der Waals surface area contributed by atoms with Crippen molar-refractivity contribution < 1.29 is 18.7 Å². The van der Waals surface area contributed by atoms with Gasteiger partial charge in [-0.25, -0.2) is 0 Å². The highest BCUT2D eigenvalue weighted by atomic mass is 16.7. The number of rotatable bonds is 5. The van der Waals surface area contributed by atoms with E-state index < -0.39 is 5.79 Å². The van der Waals surface area contributed by atoms with Crippen LogP contribution in [0, 0.1) is 33.6 Å². The van der Waals surface area contributed by atoms with Crippen LogP contribution >= 0.6 is 0 Å². The van der Waals surface area contributed by atoms with Crippen molar-refractivity contribution in [2.75, 3.05) is 20.6 Å². The Balaban J connectivity index is 1.40. The fraction of sp³-hybridized carbons (Fsp3) is 0.515. The van der Waals surface area contributed by atoms with Gasteiger partial charge in [-0.2, -0.15) is 0 Å². The van der Waals surface area contributed by atoms with Gasteiger partial charge in [-0.15, -0.1) is 0 Å². The number of nitrogens with one attached hydrogen (secondary N) is 1. The SMILES string of the molecule is Cc1cc(C)c(CN2CCc3c(c(C)c4c(c3-c3ccc(C)o3)O[C@](C)([C@H]3CC[C@H](N(C)C)CC3)O4)C2=O)c(=O)[nH]1. The van der Waals surface area contributed by atoms with Gasteiger partial charge < -0.3 is 28.7 Å². The normalized spacial score (nSPS) is 23.8. The average Bonchev–Trinajstić information content (AvgIpc) is 3.51. The molecule has 1 atom stereocenters. The number of hydrogen-bond acceptors (Lipinski definition) is 6. The van der Waals surface area contributed by atoms with Crippen molar-refractivity contribution in [1.29, 1.82) is 0 Å². The fourth-order valence-corrected chi connectivity index (χ4v) is 7.11. The van der Waals surface area contributed by atoms with E-state index in [0.717, 1.165) is 59.4 Å². The van der Waals surface area contributed by atoms with Crippen molar-refractivity contribution in [1.82, 2.24) is 14.8 Å². The van der Waals surface area contributed by atoms with Gasteiger partial charge in [0.1, 0.15) is 11.5 Å². The standard InChI is InChI=1S/C33H41N3O5/c1-18-16-19(2)34-31(37)25(18)17-36-15-14-24-27(32(36)38)21(4)29-30(28(24)26-13-8-20(3)39-26)41-33(5,40-29)22-9-11-23(12-10-22)35(6)7/h8,13,16,22-23H,9-12,14-15,17H2,1-7H3,(H,34,37)/t22-,23-,33-/m1/s1. The summed E-state index contributed by atoms with van der Waals surface area (Å²) < 4.78 is 19.7. The Morgan fingerprint density at radius 3 is 2.34 bits per heavy atom. The molecule has 0 radical (unpaired) electrons. The second-order valence-corrected chi connectivity index (χ2v) is 12.5. The summed E-state index contributed by atoms with van der Waals surface area (Å²) >= 11 is 0. The maximum atomic E-state index is 14.2. The molecule has 3 aromatic rings. The van der Waals surface area contributed by atoms with Gasteiger partial charge in [-0.1, -0.05) is 0 Å². The Bertz CT molecular complexity index is 1580. The molecule has 0 saturated heterocycles. The first kappa shape index (κ1) is 27.6. The van der Waals surface area contributed by atoms with Crippen molar-refractivity contribution >= 4 is 5.91 Å². The highest BCUT2D eigenvalue weighted by molar-refractivity contribution is 6.02. The Morgan fingerprint density at radius 1 is 1.00 bits per heavy atom. The van der Waals surface area contributed by atoms with Crippen molar-refractivity contribution in [3.05, 3.63) is 67.8 Å². The lowest BCUT2D eigenvalue weighted by molar-refractivity contribution is -0.123. The number of aromatic nitrogens is 1. The number of fused-ring (bicyclic) bond motifs is 2. The zero-order valence-electron chi connectivity index (χ0n) is 25.3. The van der Waals surface area contributed by atoms with Gasteiger partial charge in [0.05, 0.1) is 17.7 Å². The third-order valence-electron chi connectivity index (χ3n) is 9.49. The number of aryl methyl sites for hydroxylation is 3. The Hall–Kier alpha value is -3.52. The number of carbonyl (C=O) groups excluding carboxylic acids is 1. The second-order valence-electron chi connectivity index (χ2n) is 12.5. The summed E-state index contributed by atoms with van der Waals surface area (Å²) in [4.78, 5) is 33.9. The van der Waals surface area contributed by atoms with E-state index in [1.165, 1.54) is 0 Å². The van der Waals surface area contributed by atoms with Crippen LogP contribution in [0.4, 0.5) is 0 Å². The van der Waals surface area contributed by atoms with E-state index in [-0.39, 0.29) is 23.9 Å². The number of furan rings is 1. The van der Waals surface area contributed by atoms with E-state index in [2.05, 4.69) is 24.0 Å². The van der Waals surface area contributed by atoms with Crippen molar-refractivity contribution in [2.24, 2.45) is 5.92 Å². The van der Waals surface area contributed by atoms with Gasteiger partial charge in [-0.05, 0) is 103 Å².